The highest BCUT2D eigenvalue weighted by atomic mass is 35.5. The number of Topliss-reactive ketones (excluding diaryl/α,β-unsaturated/α-hetero) is 2. The van der Waals surface area contributed by atoms with Crippen LogP contribution in [-0.2, 0) is 26.3 Å². The van der Waals surface area contributed by atoms with Crippen LogP contribution in [0, 0.1) is 6.92 Å². The second kappa shape index (κ2) is 9.28. The van der Waals surface area contributed by atoms with Gasteiger partial charge in [-0.25, -0.2) is 4.79 Å². The molecule has 1 N–H and O–H groups in total. The molecule has 0 radical (unpaired) electrons. The molecule has 170 valence electrons. The minimum atomic E-state index is -1.18. The molecule has 32 heavy (non-hydrogen) atoms. The lowest BCUT2D eigenvalue weighted by molar-refractivity contribution is -0.147. The largest absolute Gasteiger partial charge is 0.465 e. The van der Waals surface area contributed by atoms with Crippen molar-refractivity contribution in [2.24, 2.45) is 0 Å². The molecule has 1 aliphatic carbocycles. The number of halogens is 1. The number of amides is 1. The van der Waals surface area contributed by atoms with Gasteiger partial charge in [-0.15, -0.1) is 0 Å². The lowest BCUT2D eigenvalue weighted by Gasteiger charge is -2.44. The van der Waals surface area contributed by atoms with E-state index in [0.717, 1.165) is 12.8 Å². The summed E-state index contributed by atoms with van der Waals surface area (Å²) >= 11 is 6.47. The van der Waals surface area contributed by atoms with Crippen LogP contribution in [0.15, 0.2) is 24.3 Å². The number of carbonyl (C=O) groups is 4. The zero-order valence-electron chi connectivity index (χ0n) is 18.7. The van der Waals surface area contributed by atoms with Crippen LogP contribution in [0.25, 0.3) is 0 Å². The fraction of sp³-hybridized carbons (Fsp3) is 0.417. The lowest BCUT2D eigenvalue weighted by Crippen LogP contribution is -2.54. The van der Waals surface area contributed by atoms with Crippen molar-refractivity contribution < 1.29 is 23.9 Å². The van der Waals surface area contributed by atoms with Crippen LogP contribution in [0.2, 0.25) is 5.02 Å². The van der Waals surface area contributed by atoms with E-state index in [-0.39, 0.29) is 40.8 Å². The van der Waals surface area contributed by atoms with Gasteiger partial charge in [0.05, 0.1) is 24.8 Å². The zero-order chi connectivity index (χ0) is 23.6. The Labute approximate surface area is 192 Å². The van der Waals surface area contributed by atoms with Gasteiger partial charge in [0.1, 0.15) is 5.54 Å². The van der Waals surface area contributed by atoms with E-state index in [1.165, 1.54) is 18.9 Å². The first-order valence-electron chi connectivity index (χ1n) is 10.5. The van der Waals surface area contributed by atoms with E-state index in [2.05, 4.69) is 4.98 Å². The van der Waals surface area contributed by atoms with Crippen LogP contribution < -0.4 is 0 Å². The van der Waals surface area contributed by atoms with E-state index in [9.17, 15) is 19.2 Å². The summed E-state index contributed by atoms with van der Waals surface area (Å²) in [7, 11) is 2.83. The minimum absolute atomic E-state index is 0.0621. The fourth-order valence-electron chi connectivity index (χ4n) is 4.63. The van der Waals surface area contributed by atoms with Crippen molar-refractivity contribution in [3.63, 3.8) is 0 Å². The van der Waals surface area contributed by atoms with Gasteiger partial charge in [-0.3, -0.25) is 14.4 Å². The van der Waals surface area contributed by atoms with Gasteiger partial charge >= 0.3 is 5.97 Å². The zero-order valence-corrected chi connectivity index (χ0v) is 19.5. The maximum Gasteiger partial charge on any atom is 0.339 e. The van der Waals surface area contributed by atoms with E-state index in [4.69, 9.17) is 16.3 Å². The van der Waals surface area contributed by atoms with Crippen molar-refractivity contribution in [3.8, 4) is 0 Å². The van der Waals surface area contributed by atoms with Crippen molar-refractivity contribution in [3.05, 3.63) is 57.4 Å². The topological polar surface area (TPSA) is 96.5 Å². The third kappa shape index (κ3) is 3.97. The van der Waals surface area contributed by atoms with Gasteiger partial charge in [-0.05, 0) is 37.8 Å². The molecule has 0 saturated heterocycles. The first kappa shape index (κ1) is 23.7. The number of methoxy groups -OCH3 is 1. The Morgan fingerprint density at radius 1 is 1.22 bits per heavy atom. The molecule has 1 aromatic carbocycles. The number of aromatic nitrogens is 1. The van der Waals surface area contributed by atoms with E-state index in [0.29, 0.717) is 29.0 Å². The summed E-state index contributed by atoms with van der Waals surface area (Å²) in [6, 6.07) is 7.07. The Kier molecular flexibility index (Phi) is 6.88. The highest BCUT2D eigenvalue weighted by molar-refractivity contribution is 6.31. The summed E-state index contributed by atoms with van der Waals surface area (Å²) in [5.41, 5.74) is 0.567. The molecule has 0 aliphatic heterocycles. The standard InChI is InChI=1S/C24H27ClN2O5/c1-14-21(23(31)32-4)18(26-22(14)15(2)28)13-20(30)27(3)24(12-8-7-11-19(24)29)16-9-5-6-10-17(16)25/h5-6,9-10,26H,7-8,11-13H2,1-4H3. The quantitative estimate of drug-likeness (QED) is 0.521. The van der Waals surface area contributed by atoms with Gasteiger partial charge in [-0.1, -0.05) is 29.8 Å². The van der Waals surface area contributed by atoms with Gasteiger partial charge in [0.25, 0.3) is 0 Å². The molecule has 1 amide bonds. The number of nitrogens with zero attached hydrogens (tertiary/aromatic N) is 1. The summed E-state index contributed by atoms with van der Waals surface area (Å²) < 4.78 is 4.86. The fourth-order valence-corrected chi connectivity index (χ4v) is 4.93. The van der Waals surface area contributed by atoms with Crippen LogP contribution >= 0.6 is 11.6 Å². The molecule has 3 rings (SSSR count). The number of rotatable bonds is 6. The lowest BCUT2D eigenvalue weighted by atomic mass is 9.74. The van der Waals surface area contributed by atoms with Crippen LogP contribution in [0.3, 0.4) is 0 Å². The summed E-state index contributed by atoms with van der Waals surface area (Å²) in [6.07, 6.45) is 2.15. The number of benzene rings is 1. The number of carbonyl (C=O) groups excluding carboxylic acids is 4. The van der Waals surface area contributed by atoms with Crippen molar-refractivity contribution >= 4 is 35.0 Å². The highest BCUT2D eigenvalue weighted by Crippen LogP contribution is 2.42. The molecule has 1 atom stereocenters. The second-order valence-corrected chi connectivity index (χ2v) is 8.53. The molecule has 1 saturated carbocycles. The number of esters is 1. The molecule has 1 aromatic heterocycles. The predicted molar refractivity (Wildman–Crippen MR) is 120 cm³/mol. The molecule has 1 fully saturated rings. The maximum absolute atomic E-state index is 13.5. The van der Waals surface area contributed by atoms with E-state index >= 15 is 0 Å². The van der Waals surface area contributed by atoms with Crippen LogP contribution in [-0.4, -0.2) is 47.5 Å². The van der Waals surface area contributed by atoms with Crippen molar-refractivity contribution in [2.75, 3.05) is 14.2 Å². The molecule has 1 aliphatic rings. The Balaban J connectivity index is 2.04. The van der Waals surface area contributed by atoms with Gasteiger partial charge in [0.2, 0.25) is 5.91 Å². The van der Waals surface area contributed by atoms with Crippen LogP contribution in [0.1, 0.15) is 70.3 Å². The Morgan fingerprint density at radius 3 is 2.50 bits per heavy atom. The molecule has 0 bridgehead atoms. The molecular formula is C24H27ClN2O5. The summed E-state index contributed by atoms with van der Waals surface area (Å²) in [5.74, 6) is -1.32. The van der Waals surface area contributed by atoms with Gasteiger partial charge in [0, 0.05) is 36.7 Å². The van der Waals surface area contributed by atoms with Crippen LogP contribution in [0.4, 0.5) is 0 Å². The van der Waals surface area contributed by atoms with Crippen molar-refractivity contribution in [1.29, 1.82) is 0 Å². The van der Waals surface area contributed by atoms with Crippen molar-refractivity contribution in [1.82, 2.24) is 9.88 Å². The third-order valence-electron chi connectivity index (χ3n) is 6.32. The molecule has 0 spiro atoms. The van der Waals surface area contributed by atoms with E-state index in [1.54, 1.807) is 38.2 Å². The first-order valence-corrected chi connectivity index (χ1v) is 10.9. The Morgan fingerprint density at radius 2 is 1.91 bits per heavy atom. The molecule has 1 unspecified atom stereocenters. The van der Waals surface area contributed by atoms with Crippen LogP contribution in [0.5, 0.6) is 0 Å². The first-order chi connectivity index (χ1) is 15.1. The number of aromatic amines is 1. The Bertz CT molecular complexity index is 1090. The molecule has 7 nitrogen and oxygen atoms in total. The molecule has 1 heterocycles. The van der Waals surface area contributed by atoms with Gasteiger partial charge in [-0.2, -0.15) is 0 Å². The molecule has 2 aromatic rings. The number of ketones is 2. The third-order valence-corrected chi connectivity index (χ3v) is 6.65. The number of ether oxygens (including phenoxy) is 1. The Hall–Kier alpha value is -2.93. The van der Waals surface area contributed by atoms with Crippen molar-refractivity contribution in [2.45, 2.75) is 51.5 Å². The number of likely N-dealkylation sites (N-methyl/N-ethyl adjacent to an activating group) is 1. The summed E-state index contributed by atoms with van der Waals surface area (Å²) in [4.78, 5) is 55.5. The monoisotopic (exact) mass is 458 g/mol. The van der Waals surface area contributed by atoms with E-state index in [1.807, 2.05) is 0 Å². The molecule has 8 heteroatoms. The normalized spacial score (nSPS) is 18.3. The second-order valence-electron chi connectivity index (χ2n) is 8.13. The minimum Gasteiger partial charge on any atom is -0.465 e. The number of nitrogens with one attached hydrogen (secondary N) is 1. The number of hydrogen-bond donors (Lipinski definition) is 1. The summed E-state index contributed by atoms with van der Waals surface area (Å²) in [5, 5.41) is 0.423. The highest BCUT2D eigenvalue weighted by Gasteiger charge is 2.48. The van der Waals surface area contributed by atoms with Gasteiger partial charge in [0.15, 0.2) is 11.6 Å². The average Bonchev–Trinajstić information content (AvgIpc) is 3.09. The average molecular weight is 459 g/mol. The number of hydrogen-bond acceptors (Lipinski definition) is 5. The smallest absolute Gasteiger partial charge is 0.339 e. The maximum atomic E-state index is 13.5. The number of H-pyrrole nitrogens is 1. The summed E-state index contributed by atoms with van der Waals surface area (Å²) in [6.45, 7) is 3.01. The predicted octanol–water partition coefficient (Wildman–Crippen LogP) is 4.01. The molecular weight excluding hydrogens is 432 g/mol. The van der Waals surface area contributed by atoms with Gasteiger partial charge < -0.3 is 14.6 Å². The SMILES string of the molecule is COC(=O)c1c(CC(=O)N(C)C2(c3ccccc3Cl)CCCCC2=O)[nH]c(C(C)=O)c1C. The van der Waals surface area contributed by atoms with E-state index < -0.39 is 11.5 Å².